The summed E-state index contributed by atoms with van der Waals surface area (Å²) >= 11 is 0. The summed E-state index contributed by atoms with van der Waals surface area (Å²) in [5, 5.41) is 14.4. The molecule has 1 aliphatic heterocycles. The molecule has 0 aromatic heterocycles. The van der Waals surface area contributed by atoms with Crippen molar-refractivity contribution in [3.63, 3.8) is 0 Å². The van der Waals surface area contributed by atoms with Crippen molar-refractivity contribution in [2.75, 3.05) is 18.0 Å². The molecule has 3 N–H and O–H groups in total. The molecule has 2 unspecified atom stereocenters. The maximum atomic E-state index is 11.4. The number of carboxylic acid groups (broad SMARTS) is 1. The fourth-order valence-electron chi connectivity index (χ4n) is 2.62. The Hall–Kier alpha value is -1.60. The fraction of sp³-hybridized carbons (Fsp3) is 0.500. The fourth-order valence-corrected chi connectivity index (χ4v) is 3.16. The van der Waals surface area contributed by atoms with Gasteiger partial charge in [-0.05, 0) is 36.5 Å². The zero-order chi connectivity index (χ0) is 15.8. The number of piperidine rings is 1. The van der Waals surface area contributed by atoms with Crippen LogP contribution in [-0.2, 0) is 10.0 Å². The minimum absolute atomic E-state index is 0.0247. The summed E-state index contributed by atoms with van der Waals surface area (Å²) in [4.78, 5) is 13.2. The summed E-state index contributed by atoms with van der Waals surface area (Å²) in [7, 11) is -3.91. The molecule has 0 saturated carbocycles. The quantitative estimate of drug-likeness (QED) is 0.881. The number of primary sulfonamides is 1. The molecule has 21 heavy (non-hydrogen) atoms. The van der Waals surface area contributed by atoms with Gasteiger partial charge in [0, 0.05) is 13.1 Å². The first-order valence-electron chi connectivity index (χ1n) is 6.85. The Morgan fingerprint density at radius 3 is 2.52 bits per heavy atom. The van der Waals surface area contributed by atoms with E-state index in [1.165, 1.54) is 12.1 Å². The molecule has 2 atom stereocenters. The van der Waals surface area contributed by atoms with Gasteiger partial charge in [0.2, 0.25) is 10.0 Å². The summed E-state index contributed by atoms with van der Waals surface area (Å²) in [6, 6.07) is 4.03. The molecule has 0 bridgehead atoms. The molecule has 1 aromatic rings. The van der Waals surface area contributed by atoms with E-state index in [2.05, 4.69) is 13.8 Å². The van der Waals surface area contributed by atoms with Gasteiger partial charge in [0.25, 0.3) is 0 Å². The average molecular weight is 312 g/mol. The molecule has 1 aromatic carbocycles. The summed E-state index contributed by atoms with van der Waals surface area (Å²) in [5.41, 5.74) is 0.525. The number of carboxylic acids is 1. The summed E-state index contributed by atoms with van der Waals surface area (Å²) < 4.78 is 22.7. The Bertz CT molecular complexity index is 657. The zero-order valence-corrected chi connectivity index (χ0v) is 12.9. The number of carbonyl (C=O) groups is 1. The van der Waals surface area contributed by atoms with Crippen molar-refractivity contribution in [2.24, 2.45) is 17.0 Å². The zero-order valence-electron chi connectivity index (χ0n) is 12.1. The van der Waals surface area contributed by atoms with Crippen LogP contribution in [0.2, 0.25) is 0 Å². The van der Waals surface area contributed by atoms with Crippen LogP contribution in [-0.4, -0.2) is 32.6 Å². The second kappa shape index (κ2) is 5.65. The van der Waals surface area contributed by atoms with Gasteiger partial charge in [0.1, 0.15) is 0 Å². The molecule has 0 amide bonds. The van der Waals surface area contributed by atoms with Crippen LogP contribution in [0.15, 0.2) is 23.1 Å². The van der Waals surface area contributed by atoms with Crippen LogP contribution in [0.4, 0.5) is 5.69 Å². The summed E-state index contributed by atoms with van der Waals surface area (Å²) in [5.74, 6) is -0.0988. The second-order valence-corrected chi connectivity index (χ2v) is 7.28. The molecule has 2 rings (SSSR count). The summed E-state index contributed by atoms with van der Waals surface area (Å²) in [6.45, 7) is 5.84. The Morgan fingerprint density at radius 2 is 2.00 bits per heavy atom. The van der Waals surface area contributed by atoms with Crippen molar-refractivity contribution >= 4 is 21.7 Å². The van der Waals surface area contributed by atoms with Crippen LogP contribution >= 0.6 is 0 Å². The van der Waals surface area contributed by atoms with E-state index in [9.17, 15) is 18.3 Å². The van der Waals surface area contributed by atoms with E-state index in [1.807, 2.05) is 4.90 Å². The molecule has 0 spiro atoms. The van der Waals surface area contributed by atoms with E-state index in [-0.39, 0.29) is 10.5 Å². The number of sulfonamides is 1. The molecular formula is C14H20N2O4S. The topological polar surface area (TPSA) is 101 Å². The molecule has 116 valence electrons. The minimum Gasteiger partial charge on any atom is -0.478 e. The number of nitrogens with two attached hydrogens (primary N) is 1. The highest BCUT2D eigenvalue weighted by atomic mass is 32.2. The summed E-state index contributed by atoms with van der Waals surface area (Å²) in [6.07, 6.45) is 0.983. The molecule has 1 heterocycles. The van der Waals surface area contributed by atoms with Gasteiger partial charge in [-0.1, -0.05) is 13.8 Å². The van der Waals surface area contributed by atoms with Gasteiger partial charge in [-0.2, -0.15) is 0 Å². The smallest absolute Gasteiger partial charge is 0.337 e. The Labute approximate surface area is 124 Å². The maximum absolute atomic E-state index is 11.4. The van der Waals surface area contributed by atoms with Crippen LogP contribution < -0.4 is 10.0 Å². The van der Waals surface area contributed by atoms with Gasteiger partial charge in [-0.25, -0.2) is 18.4 Å². The number of rotatable bonds is 3. The van der Waals surface area contributed by atoms with Crippen molar-refractivity contribution in [2.45, 2.75) is 25.2 Å². The Balaban J connectivity index is 2.42. The van der Waals surface area contributed by atoms with E-state index in [1.54, 1.807) is 0 Å². The third kappa shape index (κ3) is 3.36. The number of hydrogen-bond donors (Lipinski definition) is 2. The minimum atomic E-state index is -3.91. The lowest BCUT2D eigenvalue weighted by molar-refractivity contribution is 0.0697. The first kappa shape index (κ1) is 15.8. The average Bonchev–Trinajstić information content (AvgIpc) is 2.40. The van der Waals surface area contributed by atoms with Gasteiger partial charge >= 0.3 is 5.97 Å². The third-order valence-electron chi connectivity index (χ3n) is 4.20. The van der Waals surface area contributed by atoms with Crippen molar-refractivity contribution in [3.8, 4) is 0 Å². The first-order valence-corrected chi connectivity index (χ1v) is 8.40. The largest absolute Gasteiger partial charge is 0.478 e. The van der Waals surface area contributed by atoms with Crippen molar-refractivity contribution in [1.82, 2.24) is 0 Å². The van der Waals surface area contributed by atoms with Crippen LogP contribution in [0.5, 0.6) is 0 Å². The van der Waals surface area contributed by atoms with Crippen molar-refractivity contribution < 1.29 is 18.3 Å². The molecular weight excluding hydrogens is 292 g/mol. The van der Waals surface area contributed by atoms with Gasteiger partial charge in [-0.15, -0.1) is 0 Å². The molecule has 0 aliphatic carbocycles. The lowest BCUT2D eigenvalue weighted by Crippen LogP contribution is -2.39. The van der Waals surface area contributed by atoms with Gasteiger partial charge < -0.3 is 10.0 Å². The van der Waals surface area contributed by atoms with E-state index in [4.69, 9.17) is 5.14 Å². The van der Waals surface area contributed by atoms with Crippen LogP contribution in [0.25, 0.3) is 0 Å². The molecule has 1 fully saturated rings. The van der Waals surface area contributed by atoms with Gasteiger partial charge in [0.05, 0.1) is 16.1 Å². The Kier molecular flexibility index (Phi) is 4.25. The van der Waals surface area contributed by atoms with E-state index in [0.717, 1.165) is 25.6 Å². The number of benzene rings is 1. The highest BCUT2D eigenvalue weighted by Crippen LogP contribution is 2.30. The monoisotopic (exact) mass is 312 g/mol. The van der Waals surface area contributed by atoms with Crippen molar-refractivity contribution in [1.29, 1.82) is 0 Å². The SMILES string of the molecule is CC1CCN(c2ccc(S(N)(=O)=O)cc2C(=O)O)CC1C. The molecule has 0 radical (unpaired) electrons. The van der Waals surface area contributed by atoms with Gasteiger partial charge in [0.15, 0.2) is 0 Å². The number of anilines is 1. The van der Waals surface area contributed by atoms with E-state index >= 15 is 0 Å². The molecule has 6 nitrogen and oxygen atoms in total. The molecule has 1 saturated heterocycles. The number of aromatic carboxylic acids is 1. The second-order valence-electron chi connectivity index (χ2n) is 5.72. The van der Waals surface area contributed by atoms with Crippen LogP contribution in [0.1, 0.15) is 30.6 Å². The first-order chi connectivity index (χ1) is 9.70. The predicted octanol–water partition coefficient (Wildman–Crippen LogP) is 1.51. The predicted molar refractivity (Wildman–Crippen MR) is 79.9 cm³/mol. The van der Waals surface area contributed by atoms with Gasteiger partial charge in [-0.3, -0.25) is 0 Å². The molecule has 7 heteroatoms. The number of hydrogen-bond acceptors (Lipinski definition) is 4. The van der Waals surface area contributed by atoms with Crippen molar-refractivity contribution in [3.05, 3.63) is 23.8 Å². The Morgan fingerprint density at radius 1 is 1.33 bits per heavy atom. The lowest BCUT2D eigenvalue weighted by atomic mass is 9.88. The maximum Gasteiger partial charge on any atom is 0.337 e. The van der Waals surface area contributed by atoms with Crippen LogP contribution in [0.3, 0.4) is 0 Å². The normalized spacial score (nSPS) is 23.1. The highest BCUT2D eigenvalue weighted by molar-refractivity contribution is 7.89. The molecule has 1 aliphatic rings. The number of nitrogens with zero attached hydrogens (tertiary/aromatic N) is 1. The lowest BCUT2D eigenvalue weighted by Gasteiger charge is -2.37. The third-order valence-corrected chi connectivity index (χ3v) is 5.11. The van der Waals surface area contributed by atoms with Crippen LogP contribution in [0, 0.1) is 11.8 Å². The van der Waals surface area contributed by atoms with E-state index < -0.39 is 16.0 Å². The standard InChI is InChI=1S/C14H20N2O4S/c1-9-5-6-16(8-10(9)2)13-4-3-11(21(15,19)20)7-12(13)14(17)18/h3-4,7,9-10H,5-6,8H2,1-2H3,(H,17,18)(H2,15,19,20). The van der Waals surface area contributed by atoms with E-state index in [0.29, 0.717) is 17.5 Å². The highest BCUT2D eigenvalue weighted by Gasteiger charge is 2.26.